The fraction of sp³-hybridized carbons (Fsp3) is 0.538. The highest BCUT2D eigenvalue weighted by Crippen LogP contribution is 2.47. The van der Waals surface area contributed by atoms with Gasteiger partial charge in [0.2, 0.25) is 0 Å². The average molecular weight is 1090 g/mol. The van der Waals surface area contributed by atoms with Gasteiger partial charge in [0.05, 0.1) is 13.2 Å². The summed E-state index contributed by atoms with van der Waals surface area (Å²) in [7, 11) is -3.11. The van der Waals surface area contributed by atoms with Crippen molar-refractivity contribution in [3.63, 3.8) is 0 Å². The SMILES string of the molecule is C.CC.CCCCCCCCOP(Oc1ccc(C)cc1)Oc1cc(C)c(Sc2cc(C(C)(C)C)c(O)cc2C)cc1CC.CCCCCCCCOP(Oc1ccc(C)cc1CC)Oc1ccc(CC)cc1CC. The molecule has 2 atom stereocenters. The van der Waals surface area contributed by atoms with E-state index >= 15 is 0 Å². The topological polar surface area (TPSA) is 75.6 Å². The van der Waals surface area contributed by atoms with Crippen molar-refractivity contribution in [1.29, 1.82) is 0 Å². The predicted octanol–water partition coefficient (Wildman–Crippen LogP) is 21.8. The van der Waals surface area contributed by atoms with Gasteiger partial charge in [-0.3, -0.25) is 9.05 Å². The quantitative estimate of drug-likeness (QED) is 0.0360. The molecule has 0 saturated carbocycles. The molecule has 0 fully saturated rings. The Balaban J connectivity index is 0.000000508. The van der Waals surface area contributed by atoms with Gasteiger partial charge >= 0.3 is 17.2 Å². The van der Waals surface area contributed by atoms with Gasteiger partial charge < -0.3 is 23.2 Å². The molecular weight excluding hydrogens is 987 g/mol. The van der Waals surface area contributed by atoms with Crippen LogP contribution in [0.25, 0.3) is 0 Å². The van der Waals surface area contributed by atoms with Crippen LogP contribution >= 0.6 is 29.0 Å². The van der Waals surface area contributed by atoms with Crippen molar-refractivity contribution in [2.45, 2.75) is 229 Å². The first-order chi connectivity index (χ1) is 35.6. The van der Waals surface area contributed by atoms with Crippen molar-refractivity contribution >= 4 is 29.0 Å². The molecule has 0 aliphatic rings. The lowest BCUT2D eigenvalue weighted by Crippen LogP contribution is -2.11. The summed E-state index contributed by atoms with van der Waals surface area (Å²) < 4.78 is 37.8. The first-order valence-electron chi connectivity index (χ1n) is 28.1. The van der Waals surface area contributed by atoms with E-state index in [9.17, 15) is 5.11 Å². The van der Waals surface area contributed by atoms with Crippen LogP contribution in [0.5, 0.6) is 28.7 Å². The lowest BCUT2D eigenvalue weighted by atomic mass is 9.86. The molecule has 5 aromatic carbocycles. The number of aryl methyl sites for hydroxylation is 8. The van der Waals surface area contributed by atoms with Gasteiger partial charge in [-0.15, -0.1) is 0 Å². The Morgan fingerprint density at radius 2 is 0.920 bits per heavy atom. The average Bonchev–Trinajstić information content (AvgIpc) is 3.38. The third-order valence-corrected chi connectivity index (χ3v) is 16.2. The first-order valence-corrected chi connectivity index (χ1v) is 31.1. The Labute approximate surface area is 465 Å². The second-order valence-electron chi connectivity index (χ2n) is 20.0. The number of phenolic OH excluding ortho intramolecular Hbond substituents is 1. The number of rotatable bonds is 30. The smallest absolute Gasteiger partial charge is 0.463 e. The molecule has 0 aromatic heterocycles. The van der Waals surface area contributed by atoms with Gasteiger partial charge in [0, 0.05) is 15.4 Å². The molecule has 0 saturated heterocycles. The predicted molar refractivity (Wildman–Crippen MR) is 326 cm³/mol. The van der Waals surface area contributed by atoms with E-state index < -0.39 is 17.2 Å². The molecule has 5 rings (SSSR count). The Morgan fingerprint density at radius 1 is 0.467 bits per heavy atom. The number of hydrogen-bond acceptors (Lipinski definition) is 8. The molecule has 418 valence electrons. The number of hydrogen-bond donors (Lipinski definition) is 1. The zero-order valence-electron chi connectivity index (χ0n) is 48.5. The van der Waals surface area contributed by atoms with Crippen LogP contribution in [0.1, 0.15) is 211 Å². The molecule has 0 amide bonds. The van der Waals surface area contributed by atoms with Crippen LogP contribution in [0.4, 0.5) is 0 Å². The van der Waals surface area contributed by atoms with Crippen molar-refractivity contribution in [3.8, 4) is 28.7 Å². The van der Waals surface area contributed by atoms with Gasteiger partial charge in [0.1, 0.15) is 28.7 Å². The number of benzene rings is 5. The van der Waals surface area contributed by atoms with E-state index in [0.717, 1.165) is 95.1 Å². The summed E-state index contributed by atoms with van der Waals surface area (Å²) in [5.41, 5.74) is 10.3. The standard InChI is InChI=1S/C35H49O4PS.C27H41O3P.C2H6.CH4/c1-9-11-12-13-14-15-20-37-40(38-29-18-16-25(3)17-19-29)39-32-22-27(5)33(23-28(32)10-2)41-34-24-30(35(6,7)8)31(36)21-26(34)4;1-6-10-11-12-13-14-19-28-31(29-26-17-15-22(5)20-24(26)8-3)30-27-18-16-23(7-2)21-25(27)9-4;1-2;/h16-19,21-24,36H,9-15,20H2,1-8H3;15-18,20-21H,6-14,19H2,1-5H3;1-2H3;1H4. The van der Waals surface area contributed by atoms with E-state index in [-0.39, 0.29) is 12.8 Å². The minimum Gasteiger partial charge on any atom is -0.508 e. The van der Waals surface area contributed by atoms with Crippen molar-refractivity contribution in [2.24, 2.45) is 0 Å². The minimum atomic E-state index is -1.60. The van der Waals surface area contributed by atoms with Crippen molar-refractivity contribution < 1.29 is 32.2 Å². The maximum atomic E-state index is 10.6. The third-order valence-electron chi connectivity index (χ3n) is 12.7. The van der Waals surface area contributed by atoms with Gasteiger partial charge in [-0.1, -0.05) is 207 Å². The van der Waals surface area contributed by atoms with E-state index in [4.69, 9.17) is 27.1 Å². The molecule has 0 aliphatic heterocycles. The second-order valence-corrected chi connectivity index (χ2v) is 23.2. The summed E-state index contributed by atoms with van der Waals surface area (Å²) in [4.78, 5) is 2.33. The van der Waals surface area contributed by atoms with E-state index in [1.165, 1.54) is 90.5 Å². The van der Waals surface area contributed by atoms with Gasteiger partial charge in [0.15, 0.2) is 0 Å². The van der Waals surface area contributed by atoms with Crippen molar-refractivity contribution in [1.82, 2.24) is 0 Å². The van der Waals surface area contributed by atoms with E-state index in [2.05, 4.69) is 139 Å². The molecule has 5 aromatic rings. The molecule has 0 heterocycles. The zero-order chi connectivity index (χ0) is 54.5. The molecule has 2 unspecified atom stereocenters. The van der Waals surface area contributed by atoms with E-state index in [1.807, 2.05) is 50.2 Å². The van der Waals surface area contributed by atoms with Crippen LogP contribution in [-0.2, 0) is 40.1 Å². The molecular formula is C65H100O7P2S. The van der Waals surface area contributed by atoms with Crippen LogP contribution in [0.15, 0.2) is 94.7 Å². The Hall–Kier alpha value is -3.77. The Bertz CT molecular complexity index is 2350. The van der Waals surface area contributed by atoms with Crippen LogP contribution in [0.3, 0.4) is 0 Å². The highest BCUT2D eigenvalue weighted by Gasteiger charge is 2.24. The summed E-state index contributed by atoms with van der Waals surface area (Å²) in [5.74, 6) is 3.67. The molecule has 7 nitrogen and oxygen atoms in total. The van der Waals surface area contributed by atoms with Crippen LogP contribution < -0.4 is 18.1 Å². The summed E-state index contributed by atoms with van der Waals surface area (Å²) in [6.45, 7) is 33.2. The second kappa shape index (κ2) is 37.1. The third kappa shape index (κ3) is 24.2. The maximum absolute atomic E-state index is 10.6. The van der Waals surface area contributed by atoms with Gasteiger partial charge in [-0.2, -0.15) is 0 Å². The molecule has 1 N–H and O–H groups in total. The highest BCUT2D eigenvalue weighted by atomic mass is 32.2. The lowest BCUT2D eigenvalue weighted by Gasteiger charge is -2.23. The molecule has 0 aliphatic carbocycles. The summed E-state index contributed by atoms with van der Waals surface area (Å²) in [6.07, 6.45) is 18.3. The monoisotopic (exact) mass is 1090 g/mol. The molecule has 10 heteroatoms. The zero-order valence-corrected chi connectivity index (χ0v) is 51.1. The number of unbranched alkanes of at least 4 members (excludes halogenated alkanes) is 10. The fourth-order valence-electron chi connectivity index (χ4n) is 8.08. The summed E-state index contributed by atoms with van der Waals surface area (Å²) >= 11 is 1.74. The number of phenols is 1. The molecule has 0 radical (unpaired) electrons. The van der Waals surface area contributed by atoms with Crippen molar-refractivity contribution in [3.05, 3.63) is 135 Å². The molecule has 0 bridgehead atoms. The van der Waals surface area contributed by atoms with Crippen LogP contribution in [-0.4, -0.2) is 18.3 Å². The number of aromatic hydroxyl groups is 1. The summed E-state index contributed by atoms with van der Waals surface area (Å²) in [5, 5.41) is 10.6. The van der Waals surface area contributed by atoms with E-state index in [0.29, 0.717) is 19.0 Å². The van der Waals surface area contributed by atoms with E-state index in [1.54, 1.807) is 11.8 Å². The van der Waals surface area contributed by atoms with Crippen molar-refractivity contribution in [2.75, 3.05) is 13.2 Å². The van der Waals surface area contributed by atoms with Crippen LogP contribution in [0, 0.1) is 27.7 Å². The normalized spacial score (nSPS) is 11.8. The lowest BCUT2D eigenvalue weighted by molar-refractivity contribution is 0.257. The highest BCUT2D eigenvalue weighted by molar-refractivity contribution is 7.99. The Morgan fingerprint density at radius 3 is 1.45 bits per heavy atom. The van der Waals surface area contributed by atoms with Gasteiger partial charge in [0.25, 0.3) is 0 Å². The van der Waals surface area contributed by atoms with Gasteiger partial charge in [-0.05, 0) is 154 Å². The Kier molecular flexibility index (Phi) is 33.3. The molecule has 0 spiro atoms. The summed E-state index contributed by atoms with van der Waals surface area (Å²) in [6, 6.07) is 29.1. The fourth-order valence-corrected chi connectivity index (χ4v) is 11.3. The largest absolute Gasteiger partial charge is 0.508 e. The molecule has 75 heavy (non-hydrogen) atoms. The van der Waals surface area contributed by atoms with Gasteiger partial charge in [-0.25, -0.2) is 0 Å². The minimum absolute atomic E-state index is 0. The first kappa shape index (κ1) is 67.3. The van der Waals surface area contributed by atoms with Crippen LogP contribution in [0.2, 0.25) is 0 Å². The maximum Gasteiger partial charge on any atom is 0.463 e.